The number of rotatable bonds is 3. The third-order valence-electron chi connectivity index (χ3n) is 2.87. The number of hydrogen-bond donors (Lipinski definition) is 0. The van der Waals surface area contributed by atoms with Gasteiger partial charge in [0.2, 0.25) is 5.60 Å². The van der Waals surface area contributed by atoms with Gasteiger partial charge in [-0.1, -0.05) is 32.9 Å². The molecule has 1 heterocycles. The highest BCUT2D eigenvalue weighted by molar-refractivity contribution is 5.96. The average Bonchev–Trinajstić information content (AvgIpc) is 2.63. The summed E-state index contributed by atoms with van der Waals surface area (Å²) in [5.74, 6) is -0.305. The van der Waals surface area contributed by atoms with Crippen LogP contribution in [0.2, 0.25) is 0 Å². The molecular weight excluding hydrogens is 206 g/mol. The topological polar surface area (TPSA) is 47.9 Å². The fourth-order valence-electron chi connectivity index (χ4n) is 1.59. The molecule has 0 N–H and O–H groups in total. The van der Waals surface area contributed by atoms with Gasteiger partial charge in [0.05, 0.1) is 12.3 Å². The second kappa shape index (κ2) is 4.44. The molecule has 0 aromatic heterocycles. The first-order chi connectivity index (χ1) is 7.35. The Labute approximate surface area is 97.0 Å². The molecule has 1 atom stereocenters. The summed E-state index contributed by atoms with van der Waals surface area (Å²) in [5, 5.41) is 4.05. The van der Waals surface area contributed by atoms with Crippen molar-refractivity contribution < 1.29 is 14.4 Å². The lowest BCUT2D eigenvalue weighted by Gasteiger charge is -2.24. The summed E-state index contributed by atoms with van der Waals surface area (Å²) < 4.78 is 5.04. The lowest BCUT2D eigenvalue weighted by Crippen LogP contribution is -2.41. The van der Waals surface area contributed by atoms with Crippen molar-refractivity contribution in [3.63, 3.8) is 0 Å². The van der Waals surface area contributed by atoms with Gasteiger partial charge >= 0.3 is 5.97 Å². The molecule has 0 amide bonds. The molecule has 92 valence electrons. The van der Waals surface area contributed by atoms with E-state index in [1.165, 1.54) is 0 Å². The minimum absolute atomic E-state index is 0.0661. The number of nitrogens with zero attached hydrogens (tertiary/aromatic N) is 1. The Hall–Kier alpha value is -1.06. The number of ether oxygens (including phenoxy) is 1. The fraction of sp³-hybridized carbons (Fsp3) is 0.833. The van der Waals surface area contributed by atoms with Gasteiger partial charge in [-0.05, 0) is 13.3 Å². The first-order valence-electron chi connectivity index (χ1n) is 5.78. The molecule has 0 aliphatic carbocycles. The highest BCUT2D eigenvalue weighted by atomic mass is 16.7. The molecule has 0 fully saturated rings. The molecule has 0 aromatic carbocycles. The third kappa shape index (κ3) is 2.36. The van der Waals surface area contributed by atoms with E-state index in [9.17, 15) is 4.79 Å². The molecule has 1 rings (SSSR count). The molecule has 0 aromatic rings. The summed E-state index contributed by atoms with van der Waals surface area (Å²) in [4.78, 5) is 17.2. The molecule has 4 heteroatoms. The Bertz CT molecular complexity index is 304. The van der Waals surface area contributed by atoms with Crippen LogP contribution >= 0.6 is 0 Å². The normalized spacial score (nSPS) is 24.9. The quantitative estimate of drug-likeness (QED) is 0.696. The van der Waals surface area contributed by atoms with E-state index >= 15 is 0 Å². The van der Waals surface area contributed by atoms with E-state index in [0.717, 1.165) is 5.71 Å². The van der Waals surface area contributed by atoms with Crippen LogP contribution in [0.15, 0.2) is 5.16 Å². The van der Waals surface area contributed by atoms with Crippen molar-refractivity contribution in [1.29, 1.82) is 0 Å². The van der Waals surface area contributed by atoms with Crippen molar-refractivity contribution in [2.24, 2.45) is 10.6 Å². The number of carbonyl (C=O) groups excluding carboxylic acids is 1. The highest BCUT2D eigenvalue weighted by Crippen LogP contribution is 2.35. The van der Waals surface area contributed by atoms with Gasteiger partial charge < -0.3 is 9.57 Å². The van der Waals surface area contributed by atoms with Gasteiger partial charge in [-0.25, -0.2) is 4.79 Å². The van der Waals surface area contributed by atoms with E-state index in [1.807, 2.05) is 6.92 Å². The van der Waals surface area contributed by atoms with Crippen LogP contribution < -0.4 is 0 Å². The van der Waals surface area contributed by atoms with Crippen LogP contribution in [0, 0.1) is 5.41 Å². The van der Waals surface area contributed by atoms with Gasteiger partial charge in [0, 0.05) is 11.8 Å². The molecule has 0 saturated heterocycles. The summed E-state index contributed by atoms with van der Waals surface area (Å²) in [6.45, 7) is 10.3. The maximum Gasteiger partial charge on any atom is 0.353 e. The SMILES string of the molecule is CCOC(=O)C1(CC)CC(C(C)(C)C)=NO1. The van der Waals surface area contributed by atoms with E-state index in [1.54, 1.807) is 6.92 Å². The largest absolute Gasteiger partial charge is 0.463 e. The second-order valence-electron chi connectivity index (χ2n) is 5.12. The summed E-state index contributed by atoms with van der Waals surface area (Å²) in [6, 6.07) is 0. The Kier molecular flexibility index (Phi) is 3.61. The first-order valence-corrected chi connectivity index (χ1v) is 5.78. The minimum Gasteiger partial charge on any atom is -0.463 e. The predicted molar refractivity (Wildman–Crippen MR) is 62.2 cm³/mol. The Morgan fingerprint density at radius 3 is 2.50 bits per heavy atom. The molecule has 0 spiro atoms. The van der Waals surface area contributed by atoms with E-state index in [0.29, 0.717) is 19.4 Å². The second-order valence-corrected chi connectivity index (χ2v) is 5.12. The molecule has 0 saturated carbocycles. The van der Waals surface area contributed by atoms with Crippen molar-refractivity contribution in [1.82, 2.24) is 0 Å². The van der Waals surface area contributed by atoms with Crippen molar-refractivity contribution in [3.8, 4) is 0 Å². The fourth-order valence-corrected chi connectivity index (χ4v) is 1.59. The third-order valence-corrected chi connectivity index (χ3v) is 2.87. The van der Waals surface area contributed by atoms with E-state index in [-0.39, 0.29) is 11.4 Å². The van der Waals surface area contributed by atoms with Gasteiger partial charge in [0.1, 0.15) is 0 Å². The number of hydrogen-bond acceptors (Lipinski definition) is 4. The maximum absolute atomic E-state index is 11.9. The standard InChI is InChI=1S/C12H21NO3/c1-6-12(10(14)15-7-2)8-9(13-16-12)11(3,4)5/h6-8H2,1-5H3. The summed E-state index contributed by atoms with van der Waals surface area (Å²) in [6.07, 6.45) is 1.11. The molecule has 1 unspecified atom stereocenters. The van der Waals surface area contributed by atoms with Crippen LogP contribution in [0.1, 0.15) is 47.5 Å². The van der Waals surface area contributed by atoms with Gasteiger partial charge in [-0.3, -0.25) is 0 Å². The predicted octanol–water partition coefficient (Wildman–Crippen LogP) is 2.52. The van der Waals surface area contributed by atoms with Gasteiger partial charge in [-0.15, -0.1) is 0 Å². The van der Waals surface area contributed by atoms with Crippen LogP contribution in [0.3, 0.4) is 0 Å². The van der Waals surface area contributed by atoms with Crippen LogP contribution in [-0.4, -0.2) is 23.9 Å². The molecule has 0 bridgehead atoms. The van der Waals surface area contributed by atoms with Crippen molar-refractivity contribution in [2.45, 2.75) is 53.1 Å². The van der Waals surface area contributed by atoms with Gasteiger partial charge in [0.25, 0.3) is 0 Å². The van der Waals surface area contributed by atoms with Crippen LogP contribution in [0.5, 0.6) is 0 Å². The smallest absolute Gasteiger partial charge is 0.353 e. The summed E-state index contributed by atoms with van der Waals surface area (Å²) in [5.41, 5.74) is -0.0374. The van der Waals surface area contributed by atoms with Gasteiger partial charge in [0.15, 0.2) is 0 Å². The molecule has 1 aliphatic rings. The zero-order valence-corrected chi connectivity index (χ0v) is 10.8. The van der Waals surface area contributed by atoms with E-state index in [4.69, 9.17) is 9.57 Å². The van der Waals surface area contributed by atoms with Crippen molar-refractivity contribution in [3.05, 3.63) is 0 Å². The van der Waals surface area contributed by atoms with Crippen LogP contribution in [-0.2, 0) is 14.4 Å². The Balaban J connectivity index is 2.79. The first kappa shape index (κ1) is 13.0. The number of carbonyl (C=O) groups is 1. The molecule has 1 aliphatic heterocycles. The molecule has 0 radical (unpaired) electrons. The summed E-state index contributed by atoms with van der Waals surface area (Å²) in [7, 11) is 0. The van der Waals surface area contributed by atoms with Gasteiger partial charge in [-0.2, -0.15) is 0 Å². The monoisotopic (exact) mass is 227 g/mol. The van der Waals surface area contributed by atoms with Crippen LogP contribution in [0.4, 0.5) is 0 Å². The molecular formula is C12H21NO3. The minimum atomic E-state index is -0.890. The van der Waals surface area contributed by atoms with Crippen molar-refractivity contribution >= 4 is 11.7 Å². The Morgan fingerprint density at radius 1 is 1.50 bits per heavy atom. The number of esters is 1. The lowest BCUT2D eigenvalue weighted by atomic mass is 9.82. The Morgan fingerprint density at radius 2 is 2.12 bits per heavy atom. The zero-order chi connectivity index (χ0) is 12.4. The zero-order valence-electron chi connectivity index (χ0n) is 10.8. The molecule has 16 heavy (non-hydrogen) atoms. The lowest BCUT2D eigenvalue weighted by molar-refractivity contribution is -0.169. The van der Waals surface area contributed by atoms with E-state index < -0.39 is 5.60 Å². The molecule has 4 nitrogen and oxygen atoms in total. The van der Waals surface area contributed by atoms with Crippen molar-refractivity contribution in [2.75, 3.05) is 6.61 Å². The highest BCUT2D eigenvalue weighted by Gasteiger charge is 2.48. The number of oxime groups is 1. The average molecular weight is 227 g/mol. The maximum atomic E-state index is 11.9. The summed E-state index contributed by atoms with van der Waals surface area (Å²) >= 11 is 0. The van der Waals surface area contributed by atoms with E-state index in [2.05, 4.69) is 25.9 Å². The van der Waals surface area contributed by atoms with Crippen LogP contribution in [0.25, 0.3) is 0 Å².